The van der Waals surface area contributed by atoms with Gasteiger partial charge in [-0.25, -0.2) is 0 Å². The lowest BCUT2D eigenvalue weighted by Gasteiger charge is -2.38. The topological polar surface area (TPSA) is 43.8 Å². The van der Waals surface area contributed by atoms with Crippen molar-refractivity contribution in [1.82, 2.24) is 9.80 Å². The highest BCUT2D eigenvalue weighted by molar-refractivity contribution is 7.12. The smallest absolute Gasteiger partial charge is 0.264 e. The Kier molecular flexibility index (Phi) is 3.86. The quantitative estimate of drug-likeness (QED) is 0.891. The van der Waals surface area contributed by atoms with E-state index in [1.54, 1.807) is 0 Å². The first-order chi connectivity index (χ1) is 9.25. The molecule has 0 bridgehead atoms. The van der Waals surface area contributed by atoms with E-state index in [4.69, 9.17) is 0 Å². The van der Waals surface area contributed by atoms with Crippen molar-refractivity contribution >= 4 is 17.2 Å². The summed E-state index contributed by atoms with van der Waals surface area (Å²) in [7, 11) is 0. The zero-order valence-electron chi connectivity index (χ0n) is 11.0. The number of rotatable bonds is 2. The molecule has 104 valence electrons. The maximum Gasteiger partial charge on any atom is 0.264 e. The van der Waals surface area contributed by atoms with E-state index in [1.165, 1.54) is 11.3 Å². The van der Waals surface area contributed by atoms with Crippen LogP contribution in [0.4, 0.5) is 0 Å². The van der Waals surface area contributed by atoms with E-state index < -0.39 is 0 Å². The molecule has 1 aromatic rings. The maximum atomic E-state index is 12.2. The zero-order valence-corrected chi connectivity index (χ0v) is 11.8. The van der Waals surface area contributed by atoms with Crippen LogP contribution in [0.3, 0.4) is 0 Å². The fraction of sp³-hybridized carbons (Fsp3) is 0.643. The van der Waals surface area contributed by atoms with Crippen LogP contribution in [0, 0.1) is 0 Å². The number of amides is 1. The van der Waals surface area contributed by atoms with Gasteiger partial charge in [-0.15, -0.1) is 11.3 Å². The molecule has 0 aromatic carbocycles. The van der Waals surface area contributed by atoms with Crippen LogP contribution >= 0.6 is 11.3 Å². The molecule has 1 amide bonds. The summed E-state index contributed by atoms with van der Waals surface area (Å²) in [4.78, 5) is 17.3. The van der Waals surface area contributed by atoms with Gasteiger partial charge in [0.15, 0.2) is 0 Å². The number of aliphatic hydroxyl groups excluding tert-OH is 1. The number of hydrogen-bond donors (Lipinski definition) is 1. The van der Waals surface area contributed by atoms with Gasteiger partial charge in [0, 0.05) is 32.2 Å². The summed E-state index contributed by atoms with van der Waals surface area (Å²) in [6.45, 7) is 3.33. The van der Waals surface area contributed by atoms with Crippen molar-refractivity contribution < 1.29 is 9.90 Å². The minimum absolute atomic E-state index is 0.154. The molecule has 4 nitrogen and oxygen atoms in total. The van der Waals surface area contributed by atoms with Crippen molar-refractivity contribution in [2.24, 2.45) is 0 Å². The Labute approximate surface area is 117 Å². The Morgan fingerprint density at radius 1 is 1.26 bits per heavy atom. The lowest BCUT2D eigenvalue weighted by Crippen LogP contribution is -2.53. The molecule has 0 radical (unpaired) electrons. The molecule has 1 saturated carbocycles. The highest BCUT2D eigenvalue weighted by atomic mass is 32.1. The molecule has 1 aromatic heterocycles. The van der Waals surface area contributed by atoms with Crippen LogP contribution in [-0.2, 0) is 0 Å². The van der Waals surface area contributed by atoms with Crippen LogP contribution < -0.4 is 0 Å². The van der Waals surface area contributed by atoms with Gasteiger partial charge in [-0.2, -0.15) is 0 Å². The van der Waals surface area contributed by atoms with Crippen molar-refractivity contribution in [3.63, 3.8) is 0 Å². The van der Waals surface area contributed by atoms with Crippen LogP contribution in [0.15, 0.2) is 17.5 Å². The first kappa shape index (κ1) is 13.1. The molecule has 1 aliphatic heterocycles. The van der Waals surface area contributed by atoms with Crippen molar-refractivity contribution in [3.05, 3.63) is 22.4 Å². The summed E-state index contributed by atoms with van der Waals surface area (Å²) < 4.78 is 0. The van der Waals surface area contributed by atoms with E-state index in [-0.39, 0.29) is 12.0 Å². The lowest BCUT2D eigenvalue weighted by molar-refractivity contribution is 0.0318. The summed E-state index contributed by atoms with van der Waals surface area (Å²) in [5.74, 6) is 0.154. The van der Waals surface area contributed by atoms with Gasteiger partial charge in [0.2, 0.25) is 0 Å². The van der Waals surface area contributed by atoms with Crippen molar-refractivity contribution in [1.29, 1.82) is 0 Å². The van der Waals surface area contributed by atoms with Crippen LogP contribution in [0.5, 0.6) is 0 Å². The molecule has 0 spiro atoms. The first-order valence-corrected chi connectivity index (χ1v) is 7.88. The highest BCUT2D eigenvalue weighted by Gasteiger charge is 2.33. The summed E-state index contributed by atoms with van der Waals surface area (Å²) in [5, 5.41) is 11.9. The summed E-state index contributed by atoms with van der Waals surface area (Å²) in [6, 6.07) is 4.13. The largest absolute Gasteiger partial charge is 0.391 e. The van der Waals surface area contributed by atoms with Crippen LogP contribution in [-0.4, -0.2) is 59.1 Å². The third kappa shape index (κ3) is 2.68. The van der Waals surface area contributed by atoms with E-state index in [1.807, 2.05) is 22.4 Å². The van der Waals surface area contributed by atoms with Gasteiger partial charge in [-0.1, -0.05) is 6.07 Å². The van der Waals surface area contributed by atoms with Crippen LogP contribution in [0.25, 0.3) is 0 Å². The van der Waals surface area contributed by atoms with Crippen molar-refractivity contribution in [2.75, 3.05) is 26.2 Å². The fourth-order valence-electron chi connectivity index (χ4n) is 3.16. The molecular weight excluding hydrogens is 260 g/mol. The Morgan fingerprint density at radius 3 is 2.63 bits per heavy atom. The van der Waals surface area contributed by atoms with Gasteiger partial charge in [0.05, 0.1) is 11.0 Å². The average molecular weight is 280 g/mol. The second-order valence-corrected chi connectivity index (χ2v) is 6.32. The zero-order chi connectivity index (χ0) is 13.2. The Morgan fingerprint density at radius 2 is 2.05 bits per heavy atom. The van der Waals surface area contributed by atoms with E-state index >= 15 is 0 Å². The molecule has 5 heteroatoms. The number of nitrogens with zero attached hydrogens (tertiary/aromatic N) is 2. The van der Waals surface area contributed by atoms with Crippen LogP contribution in [0.1, 0.15) is 28.9 Å². The van der Waals surface area contributed by atoms with Gasteiger partial charge in [0.25, 0.3) is 5.91 Å². The molecule has 2 aliphatic rings. The SMILES string of the molecule is O=C(c1cccs1)N1CCN([C@@H]2CCC[C@@H]2O)CC1. The second kappa shape index (κ2) is 5.61. The van der Waals surface area contributed by atoms with E-state index in [9.17, 15) is 9.90 Å². The van der Waals surface area contributed by atoms with E-state index in [0.29, 0.717) is 6.04 Å². The molecule has 2 heterocycles. The molecule has 1 N–H and O–H groups in total. The van der Waals surface area contributed by atoms with Crippen LogP contribution in [0.2, 0.25) is 0 Å². The van der Waals surface area contributed by atoms with Gasteiger partial charge in [0.1, 0.15) is 0 Å². The van der Waals surface area contributed by atoms with Crippen molar-refractivity contribution in [2.45, 2.75) is 31.4 Å². The first-order valence-electron chi connectivity index (χ1n) is 7.00. The third-order valence-electron chi connectivity index (χ3n) is 4.25. The standard InChI is InChI=1S/C14H20N2O2S/c17-12-4-1-3-11(12)15-6-8-16(9-7-15)14(18)13-5-2-10-19-13/h2,5,10-12,17H,1,3-4,6-9H2/t11-,12+/m1/s1. The van der Waals surface area contributed by atoms with E-state index in [0.717, 1.165) is 50.3 Å². The fourth-order valence-corrected chi connectivity index (χ4v) is 3.85. The van der Waals surface area contributed by atoms with E-state index in [2.05, 4.69) is 4.90 Å². The number of carbonyl (C=O) groups excluding carboxylic acids is 1. The predicted molar refractivity (Wildman–Crippen MR) is 75.4 cm³/mol. The molecule has 3 rings (SSSR count). The van der Waals surface area contributed by atoms with Gasteiger partial charge in [-0.05, 0) is 30.7 Å². The minimum atomic E-state index is -0.167. The lowest BCUT2D eigenvalue weighted by atomic mass is 10.1. The number of carbonyl (C=O) groups is 1. The van der Waals surface area contributed by atoms with Gasteiger partial charge >= 0.3 is 0 Å². The number of piperazine rings is 1. The predicted octanol–water partition coefficient (Wildman–Crippen LogP) is 1.42. The Balaban J connectivity index is 1.56. The monoisotopic (exact) mass is 280 g/mol. The highest BCUT2D eigenvalue weighted by Crippen LogP contribution is 2.25. The summed E-state index contributed by atoms with van der Waals surface area (Å²) in [6.07, 6.45) is 2.98. The average Bonchev–Trinajstić information content (AvgIpc) is 3.09. The second-order valence-electron chi connectivity index (χ2n) is 5.37. The number of aliphatic hydroxyl groups is 1. The van der Waals surface area contributed by atoms with Gasteiger partial charge < -0.3 is 10.0 Å². The maximum absolute atomic E-state index is 12.2. The molecule has 1 saturated heterocycles. The summed E-state index contributed by atoms with van der Waals surface area (Å²) >= 11 is 1.51. The molecule has 19 heavy (non-hydrogen) atoms. The van der Waals surface area contributed by atoms with Gasteiger partial charge in [-0.3, -0.25) is 9.69 Å². The number of hydrogen-bond acceptors (Lipinski definition) is 4. The molecular formula is C14H20N2O2S. The minimum Gasteiger partial charge on any atom is -0.391 e. The van der Waals surface area contributed by atoms with Crippen molar-refractivity contribution in [3.8, 4) is 0 Å². The normalized spacial score (nSPS) is 28.8. The third-order valence-corrected chi connectivity index (χ3v) is 5.10. The molecule has 2 fully saturated rings. The molecule has 1 aliphatic carbocycles. The number of thiophene rings is 1. The summed E-state index contributed by atoms with van der Waals surface area (Å²) in [5.41, 5.74) is 0. The molecule has 2 atom stereocenters. The Bertz CT molecular complexity index is 427. The molecule has 0 unspecified atom stereocenters. The Hall–Kier alpha value is -0.910.